The molecule has 1 saturated heterocycles. The third-order valence-corrected chi connectivity index (χ3v) is 6.45. The van der Waals surface area contributed by atoms with Crippen LogP contribution in [0.25, 0.3) is 11.3 Å². The van der Waals surface area contributed by atoms with Gasteiger partial charge in [-0.15, -0.1) is 0 Å². The maximum absolute atomic E-state index is 10.5. The van der Waals surface area contributed by atoms with E-state index in [0.717, 1.165) is 49.0 Å². The third kappa shape index (κ3) is 7.89. The smallest absolute Gasteiger partial charge is 0.335 e. The second-order valence-corrected chi connectivity index (χ2v) is 9.17. The fourth-order valence-electron chi connectivity index (χ4n) is 3.85. The lowest BCUT2D eigenvalue weighted by atomic mass is 10.0. The average Bonchev–Trinajstić information content (AvgIpc) is 2.90. The van der Waals surface area contributed by atoms with Crippen molar-refractivity contribution in [2.24, 2.45) is 5.14 Å². The lowest BCUT2D eigenvalue weighted by Crippen LogP contribution is -2.35. The Labute approximate surface area is 216 Å². The molecule has 1 aromatic heterocycles. The van der Waals surface area contributed by atoms with Gasteiger partial charge in [-0.1, -0.05) is 18.2 Å². The van der Waals surface area contributed by atoms with E-state index in [1.807, 2.05) is 19.2 Å². The van der Waals surface area contributed by atoms with Crippen molar-refractivity contribution < 1.29 is 19.4 Å². The molecule has 1 aliphatic heterocycles. The monoisotopic (exact) mass is 508 g/mol. The molecule has 0 spiro atoms. The maximum Gasteiger partial charge on any atom is 0.335 e. The zero-order chi connectivity index (χ0) is 25.9. The highest BCUT2D eigenvalue weighted by Crippen LogP contribution is 2.26. The lowest BCUT2D eigenvalue weighted by molar-refractivity contribution is -0.110. The van der Waals surface area contributed by atoms with E-state index >= 15 is 0 Å². The van der Waals surface area contributed by atoms with Crippen LogP contribution in [0.15, 0.2) is 65.7 Å². The molecule has 8 nitrogen and oxygen atoms in total. The molecule has 190 valence electrons. The van der Waals surface area contributed by atoms with Gasteiger partial charge >= 0.3 is 5.97 Å². The van der Waals surface area contributed by atoms with Gasteiger partial charge in [0, 0.05) is 36.3 Å². The van der Waals surface area contributed by atoms with E-state index in [1.54, 1.807) is 12.1 Å². The van der Waals surface area contributed by atoms with Crippen LogP contribution in [0.3, 0.4) is 0 Å². The van der Waals surface area contributed by atoms with Crippen LogP contribution in [0, 0.1) is 6.92 Å². The summed E-state index contributed by atoms with van der Waals surface area (Å²) < 4.78 is 5.40. The van der Waals surface area contributed by atoms with Gasteiger partial charge in [-0.3, -0.25) is 19.8 Å². The van der Waals surface area contributed by atoms with Gasteiger partial charge in [0.1, 0.15) is 0 Å². The van der Waals surface area contributed by atoms with E-state index in [-0.39, 0.29) is 11.6 Å². The topological polar surface area (TPSA) is 118 Å². The molecule has 36 heavy (non-hydrogen) atoms. The number of morpholine rings is 1. The number of aromatic carboxylic acids is 1. The van der Waals surface area contributed by atoms with Crippen molar-refractivity contribution in [2.45, 2.75) is 31.3 Å². The molecular weight excluding hydrogens is 476 g/mol. The van der Waals surface area contributed by atoms with Crippen molar-refractivity contribution in [1.29, 1.82) is 0 Å². The second kappa shape index (κ2) is 13.7. The largest absolute Gasteiger partial charge is 0.478 e. The van der Waals surface area contributed by atoms with Gasteiger partial charge < -0.3 is 15.2 Å². The van der Waals surface area contributed by atoms with Crippen molar-refractivity contribution in [1.82, 2.24) is 15.2 Å². The summed E-state index contributed by atoms with van der Waals surface area (Å²) in [5, 5.41) is 16.8. The molecule has 1 atom stereocenters. The molecule has 0 aliphatic carbocycles. The van der Waals surface area contributed by atoms with Crippen LogP contribution in [0.5, 0.6) is 0 Å². The first-order valence-electron chi connectivity index (χ1n) is 11.7. The molecule has 4 rings (SSSR count). The summed E-state index contributed by atoms with van der Waals surface area (Å²) in [6, 6.07) is 16.8. The number of carboxylic acid groups (broad SMARTS) is 1. The number of ether oxygens (including phenoxy) is 1. The molecule has 2 aromatic carbocycles. The lowest BCUT2D eigenvalue weighted by Gasteiger charge is -2.26. The van der Waals surface area contributed by atoms with E-state index in [1.165, 1.54) is 40.8 Å². The van der Waals surface area contributed by atoms with Gasteiger partial charge in [-0.25, -0.2) is 4.79 Å². The molecule has 1 fully saturated rings. The fraction of sp³-hybridized carbons (Fsp3) is 0.296. The number of nitrogens with two attached hydrogens (primary N) is 1. The van der Waals surface area contributed by atoms with Crippen LogP contribution in [-0.2, 0) is 16.1 Å². The Morgan fingerprint density at radius 2 is 1.92 bits per heavy atom. The van der Waals surface area contributed by atoms with E-state index in [9.17, 15) is 9.59 Å². The number of aromatic nitrogens is 1. The van der Waals surface area contributed by atoms with Crippen molar-refractivity contribution >= 4 is 24.3 Å². The van der Waals surface area contributed by atoms with E-state index in [4.69, 9.17) is 15.0 Å². The van der Waals surface area contributed by atoms with Crippen LogP contribution in [-0.4, -0.2) is 53.7 Å². The van der Waals surface area contributed by atoms with Gasteiger partial charge in [-0.2, -0.15) is 0 Å². The Kier molecular flexibility index (Phi) is 10.4. The zero-order valence-electron chi connectivity index (χ0n) is 20.5. The molecule has 3 aromatic rings. The Hall–Kier alpha value is -3.24. The van der Waals surface area contributed by atoms with Crippen molar-refractivity contribution in [3.05, 3.63) is 83.0 Å². The van der Waals surface area contributed by atoms with Crippen LogP contribution < -0.4 is 10.5 Å². The Bertz CT molecular complexity index is 1150. The summed E-state index contributed by atoms with van der Waals surface area (Å²) >= 11 is 1.27. The molecule has 1 amide bonds. The number of hydrogen-bond acceptors (Lipinski definition) is 7. The molecular formula is C27H32N4O4S. The number of rotatable bonds is 8. The van der Waals surface area contributed by atoms with E-state index in [2.05, 4.69) is 46.4 Å². The minimum atomic E-state index is -0.951. The normalized spacial score (nSPS) is 14.3. The highest BCUT2D eigenvalue weighted by molar-refractivity contribution is 7.97. The van der Waals surface area contributed by atoms with Crippen molar-refractivity contribution in [3.8, 4) is 11.3 Å². The van der Waals surface area contributed by atoms with Crippen LogP contribution in [0.1, 0.15) is 40.0 Å². The standard InChI is InChI=1S/C17H21N3OS.C10H11NO3/c1-13-10-15(22-18)2-3-16(13)17-11-14(4-5-19-17)12-20-6-8-21-9-7-20;1-7(11-6-12)8-2-4-9(5-3-8)10(13)14/h2-5,10-11H,6-9,12,18H2,1H3;2-7H,1H3,(H,11,12)(H,13,14). The highest BCUT2D eigenvalue weighted by atomic mass is 32.2. The number of carbonyl (C=O) groups is 2. The quantitative estimate of drug-likeness (QED) is 0.308. The van der Waals surface area contributed by atoms with Gasteiger partial charge in [0.25, 0.3) is 0 Å². The predicted octanol–water partition coefficient (Wildman–Crippen LogP) is 4.05. The summed E-state index contributed by atoms with van der Waals surface area (Å²) in [5.74, 6) is -0.951. The number of carboxylic acids is 1. The molecule has 0 saturated carbocycles. The number of pyridine rings is 1. The molecule has 0 bridgehead atoms. The molecule has 4 N–H and O–H groups in total. The minimum absolute atomic E-state index is 0.102. The summed E-state index contributed by atoms with van der Waals surface area (Å²) in [7, 11) is 0. The number of amides is 1. The zero-order valence-corrected chi connectivity index (χ0v) is 21.3. The fourth-order valence-corrected chi connectivity index (χ4v) is 4.24. The van der Waals surface area contributed by atoms with Crippen LogP contribution in [0.2, 0.25) is 0 Å². The third-order valence-electron chi connectivity index (χ3n) is 5.92. The number of benzene rings is 2. The average molecular weight is 509 g/mol. The summed E-state index contributed by atoms with van der Waals surface area (Å²) in [5.41, 5.74) is 5.81. The van der Waals surface area contributed by atoms with E-state index < -0.39 is 5.97 Å². The molecule has 0 radical (unpaired) electrons. The molecule has 9 heteroatoms. The van der Waals surface area contributed by atoms with Gasteiger partial charge in [-0.05, 0) is 78.9 Å². The summed E-state index contributed by atoms with van der Waals surface area (Å²) in [6.07, 6.45) is 2.52. The number of carbonyl (C=O) groups excluding carboxylic acids is 1. The number of nitrogens with zero attached hydrogens (tertiary/aromatic N) is 2. The summed E-state index contributed by atoms with van der Waals surface area (Å²) in [6.45, 7) is 8.53. The Balaban J connectivity index is 0.000000223. The SMILES string of the molecule is CC(NC=O)c1ccc(C(=O)O)cc1.Cc1cc(SN)ccc1-c1cc(CN2CCOCC2)ccn1. The summed E-state index contributed by atoms with van der Waals surface area (Å²) in [4.78, 5) is 28.7. The first-order chi connectivity index (χ1) is 17.4. The van der Waals surface area contributed by atoms with Crippen LogP contribution in [0.4, 0.5) is 0 Å². The predicted molar refractivity (Wildman–Crippen MR) is 142 cm³/mol. The van der Waals surface area contributed by atoms with Gasteiger partial charge in [0.05, 0.1) is 30.5 Å². The molecule has 1 unspecified atom stereocenters. The number of hydrogen-bond donors (Lipinski definition) is 3. The Morgan fingerprint density at radius 1 is 1.19 bits per heavy atom. The van der Waals surface area contributed by atoms with Crippen molar-refractivity contribution in [2.75, 3.05) is 26.3 Å². The van der Waals surface area contributed by atoms with E-state index in [0.29, 0.717) is 6.41 Å². The Morgan fingerprint density at radius 3 is 2.53 bits per heavy atom. The van der Waals surface area contributed by atoms with Crippen LogP contribution >= 0.6 is 11.9 Å². The molecule has 2 heterocycles. The van der Waals surface area contributed by atoms with Gasteiger partial charge in [0.15, 0.2) is 0 Å². The molecule has 1 aliphatic rings. The first-order valence-corrected chi connectivity index (χ1v) is 12.5. The minimum Gasteiger partial charge on any atom is -0.478 e. The highest BCUT2D eigenvalue weighted by Gasteiger charge is 2.12. The number of aryl methyl sites for hydroxylation is 1. The number of nitrogens with one attached hydrogen (secondary N) is 1. The second-order valence-electron chi connectivity index (χ2n) is 8.47. The van der Waals surface area contributed by atoms with Crippen molar-refractivity contribution in [3.63, 3.8) is 0 Å². The first kappa shape index (κ1) is 27.3. The maximum atomic E-state index is 10.5. The van der Waals surface area contributed by atoms with Gasteiger partial charge in [0.2, 0.25) is 6.41 Å².